The molecule has 0 aliphatic rings. The van der Waals surface area contributed by atoms with E-state index in [1.807, 2.05) is 0 Å². The summed E-state index contributed by atoms with van der Waals surface area (Å²) in [5, 5.41) is 10.8. The predicted octanol–water partition coefficient (Wildman–Crippen LogP) is 3.15. The highest BCUT2D eigenvalue weighted by Gasteiger charge is 2.28. The summed E-state index contributed by atoms with van der Waals surface area (Å²) < 4.78 is 4.94. The molecule has 1 aromatic rings. The average molecular weight is 292 g/mol. The fraction of sp³-hybridized carbons (Fsp3) is 0.417. The van der Waals surface area contributed by atoms with Gasteiger partial charge in [-0.2, -0.15) is 0 Å². The number of carbonyl (C=O) groups is 1. The SMILES string of the molecule is CC(C)[C@H](O)[C@@H](OC(N)=O)c1ccc(Cl)cc1Cl. The van der Waals surface area contributed by atoms with Gasteiger partial charge in [0.15, 0.2) is 6.10 Å². The molecular weight excluding hydrogens is 277 g/mol. The van der Waals surface area contributed by atoms with E-state index in [2.05, 4.69) is 0 Å². The molecule has 6 heteroatoms. The van der Waals surface area contributed by atoms with Crippen LogP contribution < -0.4 is 5.73 Å². The molecule has 18 heavy (non-hydrogen) atoms. The molecule has 0 fully saturated rings. The van der Waals surface area contributed by atoms with Crippen molar-refractivity contribution in [1.29, 1.82) is 0 Å². The van der Waals surface area contributed by atoms with Gasteiger partial charge >= 0.3 is 6.09 Å². The molecular formula is C12H15Cl2NO3. The topological polar surface area (TPSA) is 72.6 Å². The first kappa shape index (κ1) is 15.1. The van der Waals surface area contributed by atoms with Gasteiger partial charge < -0.3 is 15.6 Å². The zero-order valence-corrected chi connectivity index (χ0v) is 11.6. The lowest BCUT2D eigenvalue weighted by Crippen LogP contribution is -2.30. The Morgan fingerprint density at radius 3 is 2.44 bits per heavy atom. The van der Waals surface area contributed by atoms with Crippen molar-refractivity contribution in [2.24, 2.45) is 11.7 Å². The molecule has 1 aromatic carbocycles. The Kier molecular flexibility index (Phi) is 5.26. The first-order valence-electron chi connectivity index (χ1n) is 5.42. The van der Waals surface area contributed by atoms with E-state index in [-0.39, 0.29) is 5.92 Å². The van der Waals surface area contributed by atoms with Gasteiger partial charge in [0.05, 0.1) is 6.10 Å². The number of amides is 1. The van der Waals surface area contributed by atoms with Crippen LogP contribution in [0.25, 0.3) is 0 Å². The fourth-order valence-corrected chi connectivity index (χ4v) is 2.04. The molecule has 0 saturated heterocycles. The average Bonchev–Trinajstić information content (AvgIpc) is 2.25. The highest BCUT2D eigenvalue weighted by Crippen LogP contribution is 2.32. The van der Waals surface area contributed by atoms with Crippen molar-refractivity contribution in [3.05, 3.63) is 33.8 Å². The summed E-state index contributed by atoms with van der Waals surface area (Å²) in [5.74, 6) is -0.124. The van der Waals surface area contributed by atoms with Crippen LogP contribution >= 0.6 is 23.2 Å². The second kappa shape index (κ2) is 6.27. The van der Waals surface area contributed by atoms with Crippen molar-refractivity contribution in [2.45, 2.75) is 26.1 Å². The van der Waals surface area contributed by atoms with Crippen molar-refractivity contribution < 1.29 is 14.6 Å². The molecule has 0 aliphatic carbocycles. The molecule has 100 valence electrons. The molecule has 0 aromatic heterocycles. The number of aliphatic hydroxyl groups excluding tert-OH is 1. The quantitative estimate of drug-likeness (QED) is 0.895. The third-order valence-electron chi connectivity index (χ3n) is 2.51. The third kappa shape index (κ3) is 3.77. The third-order valence-corrected chi connectivity index (χ3v) is 3.07. The second-order valence-corrected chi connectivity index (χ2v) is 5.10. The molecule has 1 amide bonds. The number of halogens is 2. The Morgan fingerprint density at radius 1 is 1.39 bits per heavy atom. The fourth-order valence-electron chi connectivity index (χ4n) is 1.52. The first-order chi connectivity index (χ1) is 8.32. The summed E-state index contributed by atoms with van der Waals surface area (Å²) in [4.78, 5) is 10.9. The summed E-state index contributed by atoms with van der Waals surface area (Å²) in [7, 11) is 0. The van der Waals surface area contributed by atoms with Crippen molar-refractivity contribution >= 4 is 29.3 Å². The number of hydrogen-bond acceptors (Lipinski definition) is 3. The highest BCUT2D eigenvalue weighted by molar-refractivity contribution is 6.35. The first-order valence-corrected chi connectivity index (χ1v) is 6.17. The minimum atomic E-state index is -0.967. The van der Waals surface area contributed by atoms with Gasteiger partial charge in [0.1, 0.15) is 0 Å². The number of nitrogens with two attached hydrogens (primary N) is 1. The van der Waals surface area contributed by atoms with Crippen LogP contribution in [0, 0.1) is 5.92 Å². The summed E-state index contributed by atoms with van der Waals surface area (Å²) in [6, 6.07) is 4.72. The predicted molar refractivity (Wildman–Crippen MR) is 70.7 cm³/mol. The van der Waals surface area contributed by atoms with Gasteiger partial charge in [-0.1, -0.05) is 43.1 Å². The van der Waals surface area contributed by atoms with E-state index >= 15 is 0 Å². The zero-order valence-electron chi connectivity index (χ0n) is 10.1. The lowest BCUT2D eigenvalue weighted by atomic mass is 9.96. The van der Waals surface area contributed by atoms with E-state index in [0.717, 1.165) is 0 Å². The summed E-state index contributed by atoms with van der Waals surface area (Å²) in [6.45, 7) is 3.59. The Hall–Kier alpha value is -0.970. The van der Waals surface area contributed by atoms with Crippen LogP contribution in [-0.2, 0) is 4.74 Å². The van der Waals surface area contributed by atoms with E-state index in [9.17, 15) is 9.90 Å². The van der Waals surface area contributed by atoms with Crippen LogP contribution in [0.2, 0.25) is 10.0 Å². The maximum Gasteiger partial charge on any atom is 0.405 e. The van der Waals surface area contributed by atoms with E-state index in [1.54, 1.807) is 26.0 Å². The van der Waals surface area contributed by atoms with E-state index < -0.39 is 18.3 Å². The van der Waals surface area contributed by atoms with Crippen LogP contribution in [-0.4, -0.2) is 17.3 Å². The monoisotopic (exact) mass is 291 g/mol. The van der Waals surface area contributed by atoms with Gasteiger partial charge in [-0.15, -0.1) is 0 Å². The van der Waals surface area contributed by atoms with Crippen molar-refractivity contribution in [3.63, 3.8) is 0 Å². The molecule has 0 radical (unpaired) electrons. The van der Waals surface area contributed by atoms with Crippen LogP contribution in [0.5, 0.6) is 0 Å². The molecule has 4 nitrogen and oxygen atoms in total. The van der Waals surface area contributed by atoms with Crippen molar-refractivity contribution in [1.82, 2.24) is 0 Å². The molecule has 0 spiro atoms. The van der Waals surface area contributed by atoms with Gasteiger partial charge in [-0.3, -0.25) is 0 Å². The number of primary amides is 1. The highest BCUT2D eigenvalue weighted by atomic mass is 35.5. The number of hydrogen-bond donors (Lipinski definition) is 2. The van der Waals surface area contributed by atoms with Crippen LogP contribution in [0.1, 0.15) is 25.5 Å². The van der Waals surface area contributed by atoms with Crippen LogP contribution in [0.3, 0.4) is 0 Å². The largest absolute Gasteiger partial charge is 0.439 e. The standard InChI is InChI=1S/C12H15Cl2NO3/c1-6(2)10(16)11(18-12(15)17)8-4-3-7(13)5-9(8)14/h3-6,10-11,16H,1-2H3,(H2,15,17)/t10-,11-/m0/s1. The van der Waals surface area contributed by atoms with Crippen molar-refractivity contribution in [2.75, 3.05) is 0 Å². The minimum absolute atomic E-state index is 0.124. The van der Waals surface area contributed by atoms with Crippen molar-refractivity contribution in [3.8, 4) is 0 Å². The van der Waals surface area contributed by atoms with E-state index in [1.165, 1.54) is 6.07 Å². The molecule has 0 saturated carbocycles. The minimum Gasteiger partial charge on any atom is -0.439 e. The summed E-state index contributed by atoms with van der Waals surface area (Å²) >= 11 is 11.8. The van der Waals surface area contributed by atoms with E-state index in [0.29, 0.717) is 15.6 Å². The Labute approximate surface area is 116 Å². The number of ether oxygens (including phenoxy) is 1. The molecule has 2 atom stereocenters. The van der Waals surface area contributed by atoms with Gasteiger partial charge in [0, 0.05) is 15.6 Å². The number of rotatable bonds is 4. The smallest absolute Gasteiger partial charge is 0.405 e. The van der Waals surface area contributed by atoms with Gasteiger partial charge in [0.25, 0.3) is 0 Å². The number of carbonyl (C=O) groups excluding carboxylic acids is 1. The molecule has 0 aliphatic heterocycles. The molecule has 0 unspecified atom stereocenters. The van der Waals surface area contributed by atoms with Gasteiger partial charge in [-0.05, 0) is 18.1 Å². The van der Waals surface area contributed by atoms with Crippen LogP contribution in [0.4, 0.5) is 4.79 Å². The molecule has 0 heterocycles. The normalized spacial score (nSPS) is 14.3. The Balaban J connectivity index is 3.12. The second-order valence-electron chi connectivity index (χ2n) is 4.26. The van der Waals surface area contributed by atoms with Crippen LogP contribution in [0.15, 0.2) is 18.2 Å². The Morgan fingerprint density at radius 2 is 2.00 bits per heavy atom. The summed E-state index contributed by atoms with van der Waals surface area (Å²) in [6.07, 6.45) is -2.78. The zero-order chi connectivity index (χ0) is 13.9. The van der Waals surface area contributed by atoms with Gasteiger partial charge in [0.2, 0.25) is 0 Å². The summed E-state index contributed by atoms with van der Waals surface area (Å²) in [5.41, 5.74) is 5.48. The number of aliphatic hydroxyl groups is 1. The number of benzene rings is 1. The maximum atomic E-state index is 10.9. The maximum absolute atomic E-state index is 10.9. The lowest BCUT2D eigenvalue weighted by Gasteiger charge is -2.26. The van der Waals surface area contributed by atoms with E-state index in [4.69, 9.17) is 33.7 Å². The molecule has 0 bridgehead atoms. The lowest BCUT2D eigenvalue weighted by molar-refractivity contribution is -0.0184. The molecule has 3 N–H and O–H groups in total. The van der Waals surface area contributed by atoms with Gasteiger partial charge in [-0.25, -0.2) is 4.79 Å². The Bertz CT molecular complexity index is 437. The molecule has 1 rings (SSSR count).